The third-order valence-electron chi connectivity index (χ3n) is 18.2. The zero-order valence-electron chi connectivity index (χ0n) is 62.9. The number of hydrogen-bond acceptors (Lipinski definition) is 8. The Morgan fingerprint density at radius 1 is 0.151 bits per heavy atom. The van der Waals surface area contributed by atoms with Gasteiger partial charge in [0.15, 0.2) is 23.3 Å². The van der Waals surface area contributed by atoms with Gasteiger partial charge in [-0.15, -0.1) is 0 Å². The molecule has 4 heterocycles. The number of aromatic nitrogens is 8. The first-order valence-electron chi connectivity index (χ1n) is 36.4. The molecule has 0 unspecified atom stereocenters. The summed E-state index contributed by atoms with van der Waals surface area (Å²) >= 11 is 0. The summed E-state index contributed by atoms with van der Waals surface area (Å²) in [7, 11) is 0. The van der Waals surface area contributed by atoms with Crippen LogP contribution in [0.4, 0.5) is 0 Å². The highest BCUT2D eigenvalue weighted by Crippen LogP contribution is 2.35. The summed E-state index contributed by atoms with van der Waals surface area (Å²) in [6.45, 7) is 26.6. The van der Waals surface area contributed by atoms with Crippen LogP contribution in [0.1, 0.15) is 105 Å². The first-order chi connectivity index (χ1) is 51.1. The Balaban J connectivity index is 0.000000133. The van der Waals surface area contributed by atoms with Crippen molar-refractivity contribution in [3.8, 4) is 124 Å². The van der Waals surface area contributed by atoms with E-state index in [9.17, 15) is 0 Å². The van der Waals surface area contributed by atoms with Crippen molar-refractivity contribution >= 4 is 0 Å². The van der Waals surface area contributed by atoms with E-state index >= 15 is 0 Å². The van der Waals surface area contributed by atoms with E-state index in [1.54, 1.807) is 0 Å². The molecule has 0 saturated carbocycles. The lowest BCUT2D eigenvalue weighted by Gasteiger charge is -2.20. The Morgan fingerprint density at radius 2 is 0.358 bits per heavy atom. The molecule has 15 rings (SSSR count). The van der Waals surface area contributed by atoms with E-state index < -0.39 is 0 Å². The van der Waals surface area contributed by atoms with Gasteiger partial charge in [-0.1, -0.05) is 392 Å². The molecule has 0 atom stereocenters. The molecule has 524 valence electrons. The fourth-order valence-electron chi connectivity index (χ4n) is 11.9. The normalized spacial score (nSPS) is 11.4. The van der Waals surface area contributed by atoms with Gasteiger partial charge in [0.05, 0.1) is 45.6 Å². The Labute approximate surface area is 627 Å². The molecule has 0 bridgehead atoms. The summed E-state index contributed by atoms with van der Waals surface area (Å²) < 4.78 is 0. The van der Waals surface area contributed by atoms with E-state index in [4.69, 9.17) is 39.9 Å². The quantitative estimate of drug-likeness (QED) is 0.126. The van der Waals surface area contributed by atoms with E-state index in [0.29, 0.717) is 0 Å². The largest absolute Gasteiger partial charge is 0.232 e. The lowest BCUT2D eigenvalue weighted by atomic mass is 9.86. The second-order valence-corrected chi connectivity index (χ2v) is 30.5. The maximum absolute atomic E-state index is 4.91. The molecule has 4 aromatic heterocycles. The van der Waals surface area contributed by atoms with Gasteiger partial charge < -0.3 is 0 Å². The molecule has 0 aliphatic rings. The van der Waals surface area contributed by atoms with Gasteiger partial charge in [0, 0.05) is 66.6 Å². The summed E-state index contributed by atoms with van der Waals surface area (Å²) in [5.41, 5.74) is 23.7. The molecule has 0 radical (unpaired) electrons. The van der Waals surface area contributed by atoms with Crippen molar-refractivity contribution in [1.82, 2.24) is 39.9 Å². The second-order valence-electron chi connectivity index (χ2n) is 30.5. The van der Waals surface area contributed by atoms with Crippen LogP contribution in [0.2, 0.25) is 0 Å². The molecular formula is C98H92N8. The summed E-state index contributed by atoms with van der Waals surface area (Å²) in [6.07, 6.45) is 0. The van der Waals surface area contributed by atoms with Gasteiger partial charge >= 0.3 is 0 Å². The third-order valence-corrected chi connectivity index (χ3v) is 18.2. The summed E-state index contributed by atoms with van der Waals surface area (Å²) in [6, 6.07) is 116. The molecule has 8 heteroatoms. The van der Waals surface area contributed by atoms with Crippen molar-refractivity contribution in [2.45, 2.75) is 105 Å². The van der Waals surface area contributed by atoms with E-state index in [1.807, 2.05) is 146 Å². The number of benzene rings is 11. The SMILES string of the molecule is CC(C)(C)c1cc(-c2ccccc2)nc(-c2ccccc2)n1.CC(C)(C)c1ccc(-c2cc(-c3ccccc3)nc(-c3ccccc3)n2)cc1.CC(C)(C)c1ccc(-c2nc(-c3ccccc3)cc(-c3ccccc3)n2)cc1.CC(C)(C)c1cccc(-c2cc(-c3ccccc3)nc(-c3ccccc3)n2)c1. The average Bonchev–Trinajstić information content (AvgIpc) is 0.773. The highest BCUT2D eigenvalue weighted by atomic mass is 14.9. The van der Waals surface area contributed by atoms with Gasteiger partial charge in [-0.2, -0.15) is 0 Å². The molecule has 0 aliphatic heterocycles. The molecule has 0 spiro atoms. The number of rotatable bonds is 11. The minimum absolute atomic E-state index is 0.0179. The highest BCUT2D eigenvalue weighted by molar-refractivity contribution is 5.76. The minimum atomic E-state index is -0.0179. The van der Waals surface area contributed by atoms with E-state index in [0.717, 1.165) is 130 Å². The van der Waals surface area contributed by atoms with Gasteiger partial charge in [0.2, 0.25) is 0 Å². The third kappa shape index (κ3) is 19.3. The van der Waals surface area contributed by atoms with Crippen molar-refractivity contribution in [3.63, 3.8) is 0 Å². The van der Waals surface area contributed by atoms with E-state index in [-0.39, 0.29) is 21.7 Å². The van der Waals surface area contributed by atoms with Crippen LogP contribution in [-0.4, -0.2) is 39.9 Å². The Morgan fingerprint density at radius 3 is 0.623 bits per heavy atom. The number of nitrogens with zero attached hydrogens (tertiary/aromatic N) is 8. The maximum Gasteiger partial charge on any atom is 0.160 e. The van der Waals surface area contributed by atoms with E-state index in [1.165, 1.54) is 16.7 Å². The van der Waals surface area contributed by atoms with Crippen molar-refractivity contribution < 1.29 is 0 Å². The molecular weight excluding hydrogens is 1290 g/mol. The molecule has 0 amide bonds. The standard InChI is InChI=1S/3C26H24N2.C20H20N2/c1-26(2,3)22-16-10-15-21(17-22)24-18-23(19-11-6-4-7-12-19)27-25(28-24)20-13-8-5-9-14-20;1-26(2,3)22-16-14-20(15-17-22)24-18-23(19-10-6-4-7-11-19)27-25(28-24)21-12-8-5-9-13-21;1-26(2,3)22-16-14-21(15-17-22)25-27-23(19-10-6-4-7-11-19)18-24(28-25)20-12-8-5-9-13-20;1-20(2,3)18-14-17(15-10-6-4-7-11-15)21-19(22-18)16-12-8-5-9-13-16/h3*4-18H,1-3H3;4-14H,1-3H3. The van der Waals surface area contributed by atoms with Crippen LogP contribution >= 0.6 is 0 Å². The van der Waals surface area contributed by atoms with Gasteiger partial charge in [-0.05, 0) is 63.3 Å². The van der Waals surface area contributed by atoms with Crippen LogP contribution in [0.5, 0.6) is 0 Å². The zero-order valence-corrected chi connectivity index (χ0v) is 62.9. The summed E-state index contributed by atoms with van der Waals surface area (Å²) in [5.74, 6) is 3.03. The topological polar surface area (TPSA) is 103 Å². The molecule has 0 N–H and O–H groups in total. The Bertz CT molecular complexity index is 4890. The van der Waals surface area contributed by atoms with Crippen LogP contribution in [0.15, 0.2) is 340 Å². The Kier molecular flexibility index (Phi) is 22.9. The van der Waals surface area contributed by atoms with Crippen molar-refractivity contribution in [2.75, 3.05) is 0 Å². The van der Waals surface area contributed by atoms with Gasteiger partial charge in [-0.25, -0.2) is 39.9 Å². The van der Waals surface area contributed by atoms with Crippen LogP contribution in [0.25, 0.3) is 124 Å². The van der Waals surface area contributed by atoms with Crippen LogP contribution in [0, 0.1) is 0 Å². The van der Waals surface area contributed by atoms with Crippen LogP contribution in [0.3, 0.4) is 0 Å². The molecule has 15 aromatic rings. The monoisotopic (exact) mass is 1380 g/mol. The lowest BCUT2D eigenvalue weighted by Crippen LogP contribution is -2.15. The summed E-state index contributed by atoms with van der Waals surface area (Å²) in [4.78, 5) is 38.8. The predicted molar refractivity (Wildman–Crippen MR) is 443 cm³/mol. The lowest BCUT2D eigenvalue weighted by molar-refractivity contribution is 0.568. The van der Waals surface area contributed by atoms with Crippen LogP contribution < -0.4 is 0 Å². The van der Waals surface area contributed by atoms with Gasteiger partial charge in [0.25, 0.3) is 0 Å². The van der Waals surface area contributed by atoms with Gasteiger partial charge in [0.1, 0.15) is 0 Å². The minimum Gasteiger partial charge on any atom is -0.232 e. The molecule has 0 aliphatic carbocycles. The highest BCUT2D eigenvalue weighted by Gasteiger charge is 2.22. The smallest absolute Gasteiger partial charge is 0.160 e. The van der Waals surface area contributed by atoms with E-state index in [2.05, 4.69) is 277 Å². The first kappa shape index (κ1) is 73.5. The zero-order chi connectivity index (χ0) is 74.3. The van der Waals surface area contributed by atoms with Crippen molar-refractivity contribution in [1.29, 1.82) is 0 Å². The average molecular weight is 1380 g/mol. The molecule has 11 aromatic carbocycles. The molecule has 0 saturated heterocycles. The maximum atomic E-state index is 4.91. The fraction of sp³-hybridized carbons (Fsp3) is 0.163. The fourth-order valence-corrected chi connectivity index (χ4v) is 11.9. The Hall–Kier alpha value is -12.3. The molecule has 0 fully saturated rings. The van der Waals surface area contributed by atoms with Crippen molar-refractivity contribution in [3.05, 3.63) is 362 Å². The molecule has 8 nitrogen and oxygen atoms in total. The summed E-state index contributed by atoms with van der Waals surface area (Å²) in [5, 5.41) is 0. The van der Waals surface area contributed by atoms with Gasteiger partial charge in [-0.3, -0.25) is 0 Å². The predicted octanol–water partition coefficient (Wildman–Crippen LogP) is 25.4. The van der Waals surface area contributed by atoms with Crippen molar-refractivity contribution in [2.24, 2.45) is 0 Å². The first-order valence-corrected chi connectivity index (χ1v) is 36.4. The second kappa shape index (κ2) is 33.0. The molecule has 106 heavy (non-hydrogen) atoms. The van der Waals surface area contributed by atoms with Crippen LogP contribution in [-0.2, 0) is 21.7 Å². The number of hydrogen-bond donors (Lipinski definition) is 0.